The summed E-state index contributed by atoms with van der Waals surface area (Å²) in [7, 11) is 0. The van der Waals surface area contributed by atoms with E-state index in [0.717, 1.165) is 16.9 Å². The van der Waals surface area contributed by atoms with Gasteiger partial charge in [-0.3, -0.25) is 9.59 Å². The first-order chi connectivity index (χ1) is 13.5. The number of fused-ring (bicyclic) bond motifs is 1. The van der Waals surface area contributed by atoms with Crippen LogP contribution in [0.15, 0.2) is 60.7 Å². The maximum atomic E-state index is 13.1. The molecule has 1 aliphatic rings. The Kier molecular flexibility index (Phi) is 4.71. The molecule has 2 amide bonds. The molecule has 0 fully saturated rings. The second-order valence-corrected chi connectivity index (χ2v) is 6.73. The number of amides is 2. The SMILES string of the molecule is O=C(Nc1ccc(Nc2cccc(Cl)c2)c2c1C(=O)NC2)c1ccc(F)cc1. The van der Waals surface area contributed by atoms with Crippen molar-refractivity contribution in [2.75, 3.05) is 10.6 Å². The van der Waals surface area contributed by atoms with E-state index in [9.17, 15) is 14.0 Å². The molecule has 0 saturated carbocycles. The van der Waals surface area contributed by atoms with Crippen LogP contribution in [0, 0.1) is 5.82 Å². The number of carbonyl (C=O) groups is 2. The van der Waals surface area contributed by atoms with Crippen LogP contribution in [0.25, 0.3) is 0 Å². The van der Waals surface area contributed by atoms with Gasteiger partial charge in [-0.1, -0.05) is 17.7 Å². The van der Waals surface area contributed by atoms with E-state index in [1.807, 2.05) is 12.1 Å². The molecular weight excluding hydrogens is 381 g/mol. The summed E-state index contributed by atoms with van der Waals surface area (Å²) >= 11 is 6.02. The van der Waals surface area contributed by atoms with E-state index in [2.05, 4.69) is 16.0 Å². The third kappa shape index (κ3) is 3.54. The Labute approximate surface area is 165 Å². The largest absolute Gasteiger partial charge is 0.355 e. The van der Waals surface area contributed by atoms with Crippen molar-refractivity contribution in [2.24, 2.45) is 0 Å². The predicted molar refractivity (Wildman–Crippen MR) is 107 cm³/mol. The minimum Gasteiger partial charge on any atom is -0.355 e. The van der Waals surface area contributed by atoms with Crippen molar-refractivity contribution in [3.63, 3.8) is 0 Å². The monoisotopic (exact) mass is 395 g/mol. The first-order valence-electron chi connectivity index (χ1n) is 8.55. The molecule has 28 heavy (non-hydrogen) atoms. The molecule has 1 aliphatic heterocycles. The number of hydrogen-bond acceptors (Lipinski definition) is 3. The Balaban J connectivity index is 1.64. The summed E-state index contributed by atoms with van der Waals surface area (Å²) < 4.78 is 13.1. The molecular formula is C21H15ClFN3O2. The fourth-order valence-electron chi connectivity index (χ4n) is 3.09. The van der Waals surface area contributed by atoms with Crippen LogP contribution in [0.2, 0.25) is 5.02 Å². The fourth-order valence-corrected chi connectivity index (χ4v) is 3.28. The summed E-state index contributed by atoms with van der Waals surface area (Å²) in [5.41, 5.74) is 3.39. The number of carbonyl (C=O) groups excluding carboxylic acids is 2. The average Bonchev–Trinajstić information content (AvgIpc) is 3.07. The molecule has 3 aromatic carbocycles. The van der Waals surface area contributed by atoms with Gasteiger partial charge in [0.15, 0.2) is 0 Å². The second kappa shape index (κ2) is 7.32. The molecule has 1 heterocycles. The molecule has 0 spiro atoms. The second-order valence-electron chi connectivity index (χ2n) is 6.29. The van der Waals surface area contributed by atoms with Crippen molar-refractivity contribution < 1.29 is 14.0 Å². The van der Waals surface area contributed by atoms with Crippen LogP contribution < -0.4 is 16.0 Å². The summed E-state index contributed by atoms with van der Waals surface area (Å²) in [4.78, 5) is 24.8. The highest BCUT2D eigenvalue weighted by molar-refractivity contribution is 6.30. The van der Waals surface area contributed by atoms with Crippen LogP contribution in [0.5, 0.6) is 0 Å². The van der Waals surface area contributed by atoms with Gasteiger partial charge in [0.2, 0.25) is 0 Å². The summed E-state index contributed by atoms with van der Waals surface area (Å²) in [6.07, 6.45) is 0. The predicted octanol–water partition coefficient (Wildman–Crippen LogP) is 4.72. The quantitative estimate of drug-likeness (QED) is 0.598. The smallest absolute Gasteiger partial charge is 0.255 e. The van der Waals surface area contributed by atoms with Gasteiger partial charge in [0.05, 0.1) is 11.3 Å². The molecule has 3 aromatic rings. The van der Waals surface area contributed by atoms with Crippen molar-refractivity contribution in [1.29, 1.82) is 0 Å². The molecule has 140 valence electrons. The molecule has 0 bridgehead atoms. The van der Waals surface area contributed by atoms with Crippen LogP contribution in [-0.2, 0) is 6.54 Å². The highest BCUT2D eigenvalue weighted by Crippen LogP contribution is 2.33. The molecule has 3 N–H and O–H groups in total. The van der Waals surface area contributed by atoms with Crippen molar-refractivity contribution in [1.82, 2.24) is 5.32 Å². The molecule has 5 nitrogen and oxygen atoms in total. The van der Waals surface area contributed by atoms with E-state index in [1.54, 1.807) is 24.3 Å². The molecule has 0 unspecified atom stereocenters. The van der Waals surface area contributed by atoms with Gasteiger partial charge in [0.1, 0.15) is 5.82 Å². The lowest BCUT2D eigenvalue weighted by atomic mass is 10.0. The Morgan fingerprint density at radius 3 is 2.54 bits per heavy atom. The zero-order valence-electron chi connectivity index (χ0n) is 14.6. The van der Waals surface area contributed by atoms with Gasteiger partial charge in [-0.2, -0.15) is 0 Å². The summed E-state index contributed by atoms with van der Waals surface area (Å²) in [6.45, 7) is 0.345. The minimum absolute atomic E-state index is 0.265. The van der Waals surface area contributed by atoms with Crippen molar-refractivity contribution >= 4 is 40.5 Å². The lowest BCUT2D eigenvalue weighted by Gasteiger charge is -2.14. The Bertz CT molecular complexity index is 1080. The average molecular weight is 396 g/mol. The summed E-state index contributed by atoms with van der Waals surface area (Å²) in [5.74, 6) is -1.11. The molecule has 0 radical (unpaired) electrons. The first-order valence-corrected chi connectivity index (χ1v) is 8.92. The van der Waals surface area contributed by atoms with E-state index < -0.39 is 11.7 Å². The van der Waals surface area contributed by atoms with Gasteiger partial charge < -0.3 is 16.0 Å². The van der Waals surface area contributed by atoms with Gasteiger partial charge >= 0.3 is 0 Å². The number of anilines is 3. The van der Waals surface area contributed by atoms with Gasteiger partial charge in [0, 0.05) is 34.1 Å². The summed E-state index contributed by atoms with van der Waals surface area (Å²) in [6, 6.07) is 15.9. The number of hydrogen-bond donors (Lipinski definition) is 3. The maximum absolute atomic E-state index is 13.1. The summed E-state index contributed by atoms with van der Waals surface area (Å²) in [5, 5.41) is 9.36. The van der Waals surface area contributed by atoms with Gasteiger partial charge in [-0.25, -0.2) is 4.39 Å². The molecule has 0 aliphatic carbocycles. The zero-order chi connectivity index (χ0) is 19.7. The third-order valence-corrected chi connectivity index (χ3v) is 4.66. The van der Waals surface area contributed by atoms with Gasteiger partial charge in [0.25, 0.3) is 11.8 Å². The number of nitrogens with one attached hydrogen (secondary N) is 3. The van der Waals surface area contributed by atoms with Crippen molar-refractivity contribution in [3.05, 3.63) is 88.2 Å². The van der Waals surface area contributed by atoms with E-state index in [1.165, 1.54) is 24.3 Å². The van der Waals surface area contributed by atoms with E-state index in [0.29, 0.717) is 28.4 Å². The zero-order valence-corrected chi connectivity index (χ0v) is 15.3. The number of halogens is 2. The lowest BCUT2D eigenvalue weighted by Crippen LogP contribution is -2.17. The Morgan fingerprint density at radius 1 is 1.04 bits per heavy atom. The van der Waals surface area contributed by atoms with Crippen LogP contribution in [0.3, 0.4) is 0 Å². The molecule has 4 rings (SSSR count). The topological polar surface area (TPSA) is 70.2 Å². The number of rotatable bonds is 4. The normalized spacial score (nSPS) is 12.3. The Morgan fingerprint density at radius 2 is 1.79 bits per heavy atom. The first kappa shape index (κ1) is 18.0. The minimum atomic E-state index is -0.423. The molecule has 0 aromatic heterocycles. The van der Waals surface area contributed by atoms with E-state index >= 15 is 0 Å². The van der Waals surface area contributed by atoms with E-state index in [4.69, 9.17) is 11.6 Å². The Hall–Kier alpha value is -3.38. The lowest BCUT2D eigenvalue weighted by molar-refractivity contribution is 0.0966. The maximum Gasteiger partial charge on any atom is 0.255 e. The number of benzene rings is 3. The highest BCUT2D eigenvalue weighted by Gasteiger charge is 2.26. The highest BCUT2D eigenvalue weighted by atomic mass is 35.5. The third-order valence-electron chi connectivity index (χ3n) is 4.42. The molecule has 0 atom stereocenters. The van der Waals surface area contributed by atoms with Crippen molar-refractivity contribution in [3.8, 4) is 0 Å². The van der Waals surface area contributed by atoms with Crippen LogP contribution in [0.4, 0.5) is 21.5 Å². The van der Waals surface area contributed by atoms with Crippen LogP contribution >= 0.6 is 11.6 Å². The van der Waals surface area contributed by atoms with Gasteiger partial charge in [-0.05, 0) is 54.6 Å². The molecule has 7 heteroatoms. The van der Waals surface area contributed by atoms with E-state index in [-0.39, 0.29) is 5.91 Å². The molecule has 0 saturated heterocycles. The van der Waals surface area contributed by atoms with Crippen molar-refractivity contribution in [2.45, 2.75) is 6.54 Å². The van der Waals surface area contributed by atoms with Crippen LogP contribution in [-0.4, -0.2) is 11.8 Å². The van der Waals surface area contributed by atoms with Gasteiger partial charge in [-0.15, -0.1) is 0 Å². The standard InChI is InChI=1S/C21H15ClFN3O2/c22-13-2-1-3-15(10-13)25-17-8-9-18(19-16(17)11-24-21(19)28)26-20(27)12-4-6-14(23)7-5-12/h1-10,25H,11H2,(H,24,28)(H,26,27). The fraction of sp³-hybridized carbons (Fsp3) is 0.0476. The van der Waals surface area contributed by atoms with Crippen LogP contribution in [0.1, 0.15) is 26.3 Å².